The van der Waals surface area contributed by atoms with E-state index in [9.17, 15) is 13.2 Å². The summed E-state index contributed by atoms with van der Waals surface area (Å²) < 4.78 is 33.8. The SMILES string of the molecule is Cc1ccc(C)c(N(CC(=O)NCCOc2ccc3ccccc3c2)S(=O)(=O)N(C)C)c1. The van der Waals surface area contributed by atoms with E-state index < -0.39 is 16.1 Å². The molecule has 0 spiro atoms. The third-order valence-corrected chi connectivity index (χ3v) is 6.88. The normalized spacial score (nSPS) is 11.5. The van der Waals surface area contributed by atoms with Gasteiger partial charge in [0.15, 0.2) is 0 Å². The van der Waals surface area contributed by atoms with Gasteiger partial charge in [-0.15, -0.1) is 0 Å². The summed E-state index contributed by atoms with van der Waals surface area (Å²) in [4.78, 5) is 12.6. The Kier molecular flexibility index (Phi) is 7.37. The molecule has 0 heterocycles. The third kappa shape index (κ3) is 5.57. The average molecular weight is 456 g/mol. The van der Waals surface area contributed by atoms with Gasteiger partial charge in [-0.3, -0.25) is 4.79 Å². The van der Waals surface area contributed by atoms with Crippen molar-refractivity contribution in [2.24, 2.45) is 0 Å². The van der Waals surface area contributed by atoms with Crippen molar-refractivity contribution in [2.75, 3.05) is 38.1 Å². The lowest BCUT2D eigenvalue weighted by atomic mass is 10.1. The van der Waals surface area contributed by atoms with Crippen molar-refractivity contribution in [3.05, 3.63) is 71.8 Å². The molecule has 1 N–H and O–H groups in total. The van der Waals surface area contributed by atoms with Crippen LogP contribution in [-0.2, 0) is 15.0 Å². The van der Waals surface area contributed by atoms with E-state index in [0.717, 1.165) is 30.5 Å². The first-order valence-electron chi connectivity index (χ1n) is 10.3. The molecule has 0 unspecified atom stereocenters. The van der Waals surface area contributed by atoms with E-state index in [1.54, 1.807) is 6.07 Å². The lowest BCUT2D eigenvalue weighted by Crippen LogP contribution is -2.46. The fourth-order valence-corrected chi connectivity index (χ4v) is 4.40. The van der Waals surface area contributed by atoms with Gasteiger partial charge < -0.3 is 10.1 Å². The second-order valence-electron chi connectivity index (χ2n) is 7.79. The van der Waals surface area contributed by atoms with Gasteiger partial charge in [-0.1, -0.05) is 42.5 Å². The van der Waals surface area contributed by atoms with E-state index in [0.29, 0.717) is 11.4 Å². The molecule has 170 valence electrons. The summed E-state index contributed by atoms with van der Waals surface area (Å²) in [6, 6.07) is 19.3. The van der Waals surface area contributed by atoms with Crippen molar-refractivity contribution in [3.63, 3.8) is 0 Å². The Balaban J connectivity index is 1.62. The molecule has 0 radical (unpaired) electrons. The molecule has 0 aromatic heterocycles. The number of ether oxygens (including phenoxy) is 1. The quantitative estimate of drug-likeness (QED) is 0.503. The Morgan fingerprint density at radius 3 is 2.41 bits per heavy atom. The van der Waals surface area contributed by atoms with Crippen molar-refractivity contribution in [3.8, 4) is 5.75 Å². The number of amides is 1. The number of aryl methyl sites for hydroxylation is 2. The van der Waals surface area contributed by atoms with E-state index in [4.69, 9.17) is 4.74 Å². The Labute approximate surface area is 189 Å². The van der Waals surface area contributed by atoms with E-state index in [-0.39, 0.29) is 19.7 Å². The molecule has 0 saturated carbocycles. The molecule has 0 fully saturated rings. The smallest absolute Gasteiger partial charge is 0.304 e. The van der Waals surface area contributed by atoms with Crippen LogP contribution in [0.1, 0.15) is 11.1 Å². The maximum Gasteiger partial charge on any atom is 0.304 e. The molecule has 1 amide bonds. The van der Waals surface area contributed by atoms with Gasteiger partial charge in [0, 0.05) is 14.1 Å². The van der Waals surface area contributed by atoms with E-state index in [1.165, 1.54) is 14.1 Å². The largest absolute Gasteiger partial charge is 0.492 e. The van der Waals surface area contributed by atoms with Crippen LogP contribution in [0, 0.1) is 13.8 Å². The number of anilines is 1. The summed E-state index contributed by atoms with van der Waals surface area (Å²) in [7, 11) is -0.952. The summed E-state index contributed by atoms with van der Waals surface area (Å²) in [5, 5.41) is 4.95. The highest BCUT2D eigenvalue weighted by atomic mass is 32.2. The topological polar surface area (TPSA) is 79.0 Å². The molecule has 0 aliphatic carbocycles. The molecule has 8 heteroatoms. The van der Waals surface area contributed by atoms with Crippen LogP contribution in [0.15, 0.2) is 60.7 Å². The summed E-state index contributed by atoms with van der Waals surface area (Å²) in [5.74, 6) is 0.309. The van der Waals surface area contributed by atoms with Crippen LogP contribution in [0.3, 0.4) is 0 Å². The van der Waals surface area contributed by atoms with Gasteiger partial charge >= 0.3 is 10.2 Å². The molecule has 32 heavy (non-hydrogen) atoms. The highest BCUT2D eigenvalue weighted by molar-refractivity contribution is 7.90. The molecule has 3 rings (SSSR count). The summed E-state index contributed by atoms with van der Waals surface area (Å²) in [6.45, 7) is 3.92. The van der Waals surface area contributed by atoms with Crippen LogP contribution in [0.5, 0.6) is 5.75 Å². The molecular formula is C24H29N3O4S. The van der Waals surface area contributed by atoms with Crippen LogP contribution in [-0.4, -0.2) is 52.4 Å². The predicted molar refractivity (Wildman–Crippen MR) is 128 cm³/mol. The zero-order valence-electron chi connectivity index (χ0n) is 18.8. The lowest BCUT2D eigenvalue weighted by Gasteiger charge is -2.28. The summed E-state index contributed by atoms with van der Waals surface area (Å²) in [5.41, 5.74) is 2.17. The number of carbonyl (C=O) groups is 1. The maximum absolute atomic E-state index is 12.9. The monoisotopic (exact) mass is 455 g/mol. The van der Waals surface area contributed by atoms with Crippen molar-refractivity contribution in [1.29, 1.82) is 0 Å². The standard InChI is InChI=1S/C24H29N3O4S/c1-18-9-10-19(2)23(15-18)27(32(29,30)26(3)4)17-24(28)25-13-14-31-22-12-11-20-7-5-6-8-21(20)16-22/h5-12,15-16H,13-14,17H2,1-4H3,(H,25,28). The fraction of sp³-hybridized carbons (Fsp3) is 0.292. The minimum atomic E-state index is -3.85. The first-order valence-corrected chi connectivity index (χ1v) is 11.7. The highest BCUT2D eigenvalue weighted by Crippen LogP contribution is 2.25. The van der Waals surface area contributed by atoms with Crippen LogP contribution < -0.4 is 14.4 Å². The number of nitrogens with zero attached hydrogens (tertiary/aromatic N) is 2. The van der Waals surface area contributed by atoms with Crippen molar-refractivity contribution < 1.29 is 17.9 Å². The van der Waals surface area contributed by atoms with Crippen LogP contribution >= 0.6 is 0 Å². The number of fused-ring (bicyclic) bond motifs is 1. The predicted octanol–water partition coefficient (Wildman–Crippen LogP) is 3.26. The minimum Gasteiger partial charge on any atom is -0.492 e. The molecule has 0 aliphatic heterocycles. The molecule has 0 atom stereocenters. The van der Waals surface area contributed by atoms with Gasteiger partial charge in [-0.25, -0.2) is 4.31 Å². The number of benzene rings is 3. The van der Waals surface area contributed by atoms with Gasteiger partial charge in [0.05, 0.1) is 12.2 Å². The van der Waals surface area contributed by atoms with Gasteiger partial charge in [-0.2, -0.15) is 12.7 Å². The number of rotatable bonds is 9. The van der Waals surface area contributed by atoms with E-state index in [2.05, 4.69) is 5.32 Å². The first kappa shape index (κ1) is 23.6. The van der Waals surface area contributed by atoms with Crippen LogP contribution in [0.2, 0.25) is 0 Å². The Morgan fingerprint density at radius 1 is 0.969 bits per heavy atom. The Hall–Kier alpha value is -3.10. The van der Waals surface area contributed by atoms with Crippen LogP contribution in [0.25, 0.3) is 10.8 Å². The molecule has 3 aromatic carbocycles. The van der Waals surface area contributed by atoms with Gasteiger partial charge in [-0.05, 0) is 53.9 Å². The number of nitrogens with one attached hydrogen (secondary N) is 1. The first-order chi connectivity index (χ1) is 15.2. The number of hydrogen-bond donors (Lipinski definition) is 1. The second-order valence-corrected chi connectivity index (χ2v) is 9.86. The highest BCUT2D eigenvalue weighted by Gasteiger charge is 2.28. The molecule has 3 aromatic rings. The summed E-state index contributed by atoms with van der Waals surface area (Å²) in [6.07, 6.45) is 0. The summed E-state index contributed by atoms with van der Waals surface area (Å²) >= 11 is 0. The van der Waals surface area contributed by atoms with Crippen LogP contribution in [0.4, 0.5) is 5.69 Å². The zero-order chi connectivity index (χ0) is 23.3. The molecule has 0 bridgehead atoms. The number of carbonyl (C=O) groups excluding carboxylic acids is 1. The second kappa shape index (κ2) is 10.0. The van der Waals surface area contributed by atoms with Crippen molar-refractivity contribution in [2.45, 2.75) is 13.8 Å². The fourth-order valence-electron chi connectivity index (χ4n) is 3.28. The third-order valence-electron chi connectivity index (χ3n) is 5.07. The van der Waals surface area contributed by atoms with Crippen molar-refractivity contribution >= 4 is 32.6 Å². The minimum absolute atomic E-state index is 0.258. The molecule has 7 nitrogen and oxygen atoms in total. The molecule has 0 saturated heterocycles. The van der Waals surface area contributed by atoms with Crippen molar-refractivity contribution in [1.82, 2.24) is 9.62 Å². The number of hydrogen-bond acceptors (Lipinski definition) is 4. The van der Waals surface area contributed by atoms with E-state index in [1.807, 2.05) is 68.4 Å². The zero-order valence-corrected chi connectivity index (χ0v) is 19.6. The Morgan fingerprint density at radius 2 is 1.69 bits per heavy atom. The molecule has 0 aliphatic rings. The lowest BCUT2D eigenvalue weighted by molar-refractivity contribution is -0.119. The van der Waals surface area contributed by atoms with E-state index >= 15 is 0 Å². The van der Waals surface area contributed by atoms with Gasteiger partial charge in [0.1, 0.15) is 18.9 Å². The molecular weight excluding hydrogens is 426 g/mol. The van der Waals surface area contributed by atoms with Gasteiger partial charge in [0.2, 0.25) is 5.91 Å². The Bertz CT molecular complexity index is 1210. The maximum atomic E-state index is 12.9. The van der Waals surface area contributed by atoms with Gasteiger partial charge in [0.25, 0.3) is 0 Å². The average Bonchev–Trinajstić information content (AvgIpc) is 2.76.